The van der Waals surface area contributed by atoms with E-state index in [4.69, 9.17) is 4.74 Å². The highest BCUT2D eigenvalue weighted by Gasteiger charge is 2.32. The lowest BCUT2D eigenvalue weighted by Gasteiger charge is -2.22. The molecule has 0 saturated carbocycles. The third-order valence-electron chi connectivity index (χ3n) is 4.06. The van der Waals surface area contributed by atoms with Crippen molar-refractivity contribution >= 4 is 15.9 Å². The zero-order chi connectivity index (χ0) is 17.9. The summed E-state index contributed by atoms with van der Waals surface area (Å²) in [6.07, 6.45) is 0.496. The van der Waals surface area contributed by atoms with Crippen LogP contribution in [0.25, 0.3) is 0 Å². The number of aryl methyl sites for hydroxylation is 1. The van der Waals surface area contributed by atoms with Gasteiger partial charge in [-0.25, -0.2) is 8.42 Å². The molecule has 2 aromatic carbocycles. The van der Waals surface area contributed by atoms with Crippen molar-refractivity contribution in [2.75, 3.05) is 19.7 Å². The second kappa shape index (κ2) is 7.27. The molecule has 0 spiro atoms. The molecule has 5 nitrogen and oxygen atoms in total. The summed E-state index contributed by atoms with van der Waals surface area (Å²) in [6, 6.07) is 15.0. The Kier molecular flexibility index (Phi) is 5.08. The third kappa shape index (κ3) is 3.69. The number of aliphatic imine (C=N–C) groups is 1. The average molecular weight is 358 g/mol. The first-order valence-corrected chi connectivity index (χ1v) is 9.80. The lowest BCUT2D eigenvalue weighted by Crippen LogP contribution is -2.35. The fourth-order valence-electron chi connectivity index (χ4n) is 2.87. The van der Waals surface area contributed by atoms with Crippen LogP contribution in [0.1, 0.15) is 18.1 Å². The molecule has 0 aromatic heterocycles. The van der Waals surface area contributed by atoms with Gasteiger partial charge in [0.1, 0.15) is 16.5 Å². The van der Waals surface area contributed by atoms with Crippen molar-refractivity contribution < 1.29 is 13.2 Å². The summed E-state index contributed by atoms with van der Waals surface area (Å²) in [6.45, 7) is 4.98. The van der Waals surface area contributed by atoms with E-state index in [1.54, 1.807) is 12.1 Å². The average Bonchev–Trinajstić information content (AvgIpc) is 3.06. The molecule has 1 aliphatic heterocycles. The van der Waals surface area contributed by atoms with E-state index in [-0.39, 0.29) is 4.90 Å². The molecule has 0 N–H and O–H groups in total. The van der Waals surface area contributed by atoms with Gasteiger partial charge in [-0.1, -0.05) is 36.4 Å². The molecule has 0 unspecified atom stereocenters. The molecule has 0 radical (unpaired) electrons. The van der Waals surface area contributed by atoms with Crippen molar-refractivity contribution in [3.05, 3.63) is 59.7 Å². The number of rotatable bonds is 6. The molecular formula is C19H22N2O3S. The minimum Gasteiger partial charge on any atom is -0.492 e. The van der Waals surface area contributed by atoms with Crippen molar-refractivity contribution in [3.63, 3.8) is 0 Å². The van der Waals surface area contributed by atoms with E-state index in [1.165, 1.54) is 4.31 Å². The highest BCUT2D eigenvalue weighted by Crippen LogP contribution is 2.29. The molecule has 0 bridgehead atoms. The van der Waals surface area contributed by atoms with Crippen LogP contribution < -0.4 is 4.74 Å². The number of hydrogen-bond acceptors (Lipinski definition) is 4. The van der Waals surface area contributed by atoms with Crippen LogP contribution in [0, 0.1) is 6.92 Å². The SMILES string of the molecule is CCOc1ccc(C)cc1S(=O)(=O)N1CCN=C1Cc1ccccc1. The number of hydrogen-bond donors (Lipinski definition) is 0. The molecule has 2 aromatic rings. The molecular weight excluding hydrogens is 336 g/mol. The van der Waals surface area contributed by atoms with Crippen LogP contribution in [0.3, 0.4) is 0 Å². The van der Waals surface area contributed by atoms with Crippen molar-refractivity contribution in [2.45, 2.75) is 25.2 Å². The summed E-state index contributed by atoms with van der Waals surface area (Å²) in [5.41, 5.74) is 1.92. The lowest BCUT2D eigenvalue weighted by atomic mass is 10.1. The standard InChI is InChI=1S/C19H22N2O3S/c1-3-24-17-10-9-15(2)13-18(17)25(22,23)21-12-11-20-19(21)14-16-7-5-4-6-8-16/h4-10,13H,3,11-12,14H2,1-2H3. The molecule has 25 heavy (non-hydrogen) atoms. The van der Waals surface area contributed by atoms with Gasteiger partial charge in [0.05, 0.1) is 19.7 Å². The van der Waals surface area contributed by atoms with Crippen molar-refractivity contribution in [1.29, 1.82) is 0 Å². The van der Waals surface area contributed by atoms with E-state index in [9.17, 15) is 8.42 Å². The number of benzene rings is 2. The second-order valence-electron chi connectivity index (χ2n) is 5.92. The lowest BCUT2D eigenvalue weighted by molar-refractivity contribution is 0.330. The van der Waals surface area contributed by atoms with Gasteiger partial charge in [-0.3, -0.25) is 9.30 Å². The molecule has 0 fully saturated rings. The topological polar surface area (TPSA) is 59.0 Å². The number of nitrogens with zero attached hydrogens (tertiary/aromatic N) is 2. The Morgan fingerprint density at radius 3 is 2.64 bits per heavy atom. The van der Waals surface area contributed by atoms with E-state index in [0.29, 0.717) is 37.7 Å². The number of ether oxygens (including phenoxy) is 1. The quantitative estimate of drug-likeness (QED) is 0.797. The predicted octanol–water partition coefficient (Wildman–Crippen LogP) is 3.04. The van der Waals surface area contributed by atoms with Gasteiger partial charge >= 0.3 is 0 Å². The maximum absolute atomic E-state index is 13.2. The van der Waals surface area contributed by atoms with E-state index in [2.05, 4.69) is 4.99 Å². The van der Waals surface area contributed by atoms with E-state index < -0.39 is 10.0 Å². The number of amidine groups is 1. The molecule has 0 aliphatic carbocycles. The van der Waals surface area contributed by atoms with Crippen LogP contribution in [0.4, 0.5) is 0 Å². The molecule has 6 heteroatoms. The molecule has 1 heterocycles. The van der Waals surface area contributed by atoms with Crippen LogP contribution in [-0.2, 0) is 16.4 Å². The summed E-state index contributed by atoms with van der Waals surface area (Å²) in [7, 11) is -3.71. The minimum absolute atomic E-state index is 0.206. The van der Waals surface area contributed by atoms with Gasteiger partial charge in [0.15, 0.2) is 0 Å². The van der Waals surface area contributed by atoms with Gasteiger partial charge in [-0.05, 0) is 37.1 Å². The number of sulfonamides is 1. The fraction of sp³-hybridized carbons (Fsp3) is 0.316. The van der Waals surface area contributed by atoms with Gasteiger partial charge in [0, 0.05) is 6.42 Å². The second-order valence-corrected chi connectivity index (χ2v) is 7.75. The van der Waals surface area contributed by atoms with Crippen LogP contribution in [0.15, 0.2) is 58.4 Å². The molecule has 3 rings (SSSR count). The highest BCUT2D eigenvalue weighted by molar-refractivity contribution is 7.89. The Bertz CT molecular complexity index is 877. The molecule has 0 saturated heterocycles. The van der Waals surface area contributed by atoms with Crippen molar-refractivity contribution in [1.82, 2.24) is 4.31 Å². The Morgan fingerprint density at radius 1 is 1.16 bits per heavy atom. The molecule has 0 atom stereocenters. The zero-order valence-corrected chi connectivity index (χ0v) is 15.3. The summed E-state index contributed by atoms with van der Waals surface area (Å²) in [5, 5.41) is 0. The predicted molar refractivity (Wildman–Crippen MR) is 98.7 cm³/mol. The Hall–Kier alpha value is -2.34. The minimum atomic E-state index is -3.71. The Balaban J connectivity index is 1.94. The van der Waals surface area contributed by atoms with E-state index >= 15 is 0 Å². The van der Waals surface area contributed by atoms with Gasteiger partial charge in [0.25, 0.3) is 10.0 Å². The zero-order valence-electron chi connectivity index (χ0n) is 14.5. The Labute approximate surface area is 149 Å². The van der Waals surface area contributed by atoms with Crippen molar-refractivity contribution in [2.24, 2.45) is 4.99 Å². The maximum atomic E-state index is 13.2. The first-order chi connectivity index (χ1) is 12.0. The van der Waals surface area contributed by atoms with Crippen LogP contribution in [-0.4, -0.2) is 38.3 Å². The summed E-state index contributed by atoms with van der Waals surface area (Å²) in [4.78, 5) is 4.63. The molecule has 132 valence electrons. The maximum Gasteiger partial charge on any atom is 0.269 e. The first kappa shape index (κ1) is 17.5. The highest BCUT2D eigenvalue weighted by atomic mass is 32.2. The Morgan fingerprint density at radius 2 is 1.92 bits per heavy atom. The third-order valence-corrected chi connectivity index (χ3v) is 5.91. The summed E-state index contributed by atoms with van der Waals surface area (Å²) in [5.74, 6) is 0.967. The smallest absolute Gasteiger partial charge is 0.269 e. The first-order valence-electron chi connectivity index (χ1n) is 8.36. The van der Waals surface area contributed by atoms with E-state index in [0.717, 1.165) is 11.1 Å². The summed E-state index contributed by atoms with van der Waals surface area (Å²) >= 11 is 0. The molecule has 0 amide bonds. The van der Waals surface area contributed by atoms with Gasteiger partial charge in [-0.2, -0.15) is 0 Å². The largest absolute Gasteiger partial charge is 0.492 e. The monoisotopic (exact) mass is 358 g/mol. The van der Waals surface area contributed by atoms with Crippen molar-refractivity contribution in [3.8, 4) is 5.75 Å². The fourth-order valence-corrected chi connectivity index (χ4v) is 4.54. The summed E-state index contributed by atoms with van der Waals surface area (Å²) < 4.78 is 33.5. The van der Waals surface area contributed by atoms with E-state index in [1.807, 2.05) is 50.2 Å². The van der Waals surface area contributed by atoms with Crippen LogP contribution in [0.2, 0.25) is 0 Å². The van der Waals surface area contributed by atoms with Crippen LogP contribution >= 0.6 is 0 Å². The van der Waals surface area contributed by atoms with Gasteiger partial charge < -0.3 is 4.74 Å². The van der Waals surface area contributed by atoms with Crippen LogP contribution in [0.5, 0.6) is 5.75 Å². The normalized spacial score (nSPS) is 14.5. The van der Waals surface area contributed by atoms with Gasteiger partial charge in [-0.15, -0.1) is 0 Å². The van der Waals surface area contributed by atoms with Gasteiger partial charge in [0.2, 0.25) is 0 Å². The molecule has 1 aliphatic rings.